The standard InChI is InChI=1S/C26H44O12/c1-2-3-4-5-6-7-8-9-10-11-12-13-18(29)35-15-16(28)23-22(33)24(25(34)37-23)38-26-21(32)20(31)19(30)17(14-27)36-26/h16-17,19-21,23,26-28,30-33H,2-15H2,1H3/t16-,17+,19+,20-,21+,23+,26-/m0/s1. The van der Waals surface area contributed by atoms with Gasteiger partial charge in [-0.05, 0) is 6.42 Å². The molecule has 0 spiro atoms. The topological polar surface area (TPSA) is 192 Å². The molecular formula is C26H44O12. The maximum Gasteiger partial charge on any atom is 0.378 e. The molecule has 12 heteroatoms. The van der Waals surface area contributed by atoms with Crippen LogP contribution in [0.5, 0.6) is 0 Å². The van der Waals surface area contributed by atoms with Crippen LogP contribution in [-0.4, -0.2) is 98.7 Å². The Bertz CT molecular complexity index is 755. The Labute approximate surface area is 223 Å². The zero-order valence-corrected chi connectivity index (χ0v) is 22.1. The molecule has 2 heterocycles. The van der Waals surface area contributed by atoms with Crippen molar-refractivity contribution < 1.29 is 59.2 Å². The van der Waals surface area contributed by atoms with Crippen molar-refractivity contribution in [2.45, 2.75) is 127 Å². The highest BCUT2D eigenvalue weighted by atomic mass is 16.7. The summed E-state index contributed by atoms with van der Waals surface area (Å²) in [6.07, 6.45) is 1.38. The predicted molar refractivity (Wildman–Crippen MR) is 132 cm³/mol. The number of unbranched alkanes of at least 4 members (excludes halogenated alkanes) is 10. The minimum Gasteiger partial charge on any atom is -0.505 e. The Morgan fingerprint density at radius 3 is 2.08 bits per heavy atom. The van der Waals surface area contributed by atoms with Gasteiger partial charge in [-0.25, -0.2) is 4.79 Å². The normalized spacial score (nSPS) is 28.3. The third-order valence-corrected chi connectivity index (χ3v) is 6.75. The monoisotopic (exact) mass is 548 g/mol. The van der Waals surface area contributed by atoms with E-state index in [4.69, 9.17) is 18.9 Å². The van der Waals surface area contributed by atoms with Crippen LogP contribution >= 0.6 is 0 Å². The van der Waals surface area contributed by atoms with Crippen molar-refractivity contribution in [3.05, 3.63) is 11.5 Å². The van der Waals surface area contributed by atoms with Crippen molar-refractivity contribution in [1.82, 2.24) is 0 Å². The summed E-state index contributed by atoms with van der Waals surface area (Å²) in [5, 5.41) is 59.6. The largest absolute Gasteiger partial charge is 0.505 e. The highest BCUT2D eigenvalue weighted by Crippen LogP contribution is 2.29. The molecule has 0 bridgehead atoms. The third-order valence-electron chi connectivity index (χ3n) is 6.75. The van der Waals surface area contributed by atoms with Gasteiger partial charge >= 0.3 is 11.9 Å². The third kappa shape index (κ3) is 9.65. The average molecular weight is 549 g/mol. The van der Waals surface area contributed by atoms with E-state index in [-0.39, 0.29) is 6.42 Å². The van der Waals surface area contributed by atoms with E-state index in [1.807, 2.05) is 0 Å². The Morgan fingerprint density at radius 2 is 1.50 bits per heavy atom. The summed E-state index contributed by atoms with van der Waals surface area (Å²) in [5.74, 6) is -3.31. The van der Waals surface area contributed by atoms with Gasteiger partial charge in [0.05, 0.1) is 6.61 Å². The second-order valence-electron chi connectivity index (χ2n) is 9.89. The first kappa shape index (κ1) is 32.3. The van der Waals surface area contributed by atoms with Crippen molar-refractivity contribution in [1.29, 1.82) is 0 Å². The van der Waals surface area contributed by atoms with Crippen molar-refractivity contribution in [3.8, 4) is 0 Å². The molecule has 2 aliphatic heterocycles. The lowest BCUT2D eigenvalue weighted by molar-refractivity contribution is -0.291. The van der Waals surface area contributed by atoms with E-state index in [9.17, 15) is 40.2 Å². The fraction of sp³-hybridized carbons (Fsp3) is 0.846. The molecule has 1 fully saturated rings. The molecule has 2 rings (SSSR count). The van der Waals surface area contributed by atoms with Crippen LogP contribution in [0.2, 0.25) is 0 Å². The highest BCUT2D eigenvalue weighted by Gasteiger charge is 2.48. The van der Waals surface area contributed by atoms with Crippen LogP contribution in [0.25, 0.3) is 0 Å². The van der Waals surface area contributed by atoms with E-state index in [0.29, 0.717) is 6.42 Å². The van der Waals surface area contributed by atoms with Gasteiger partial charge in [0.25, 0.3) is 0 Å². The number of hydrogen-bond acceptors (Lipinski definition) is 12. The van der Waals surface area contributed by atoms with Gasteiger partial charge in [-0.15, -0.1) is 0 Å². The fourth-order valence-corrected chi connectivity index (χ4v) is 4.38. The van der Waals surface area contributed by atoms with Gasteiger partial charge in [-0.1, -0.05) is 71.1 Å². The quantitative estimate of drug-likeness (QED) is 0.106. The van der Waals surface area contributed by atoms with E-state index >= 15 is 0 Å². The molecule has 6 N–H and O–H groups in total. The van der Waals surface area contributed by atoms with E-state index in [1.54, 1.807) is 0 Å². The number of rotatable bonds is 18. The lowest BCUT2D eigenvalue weighted by Crippen LogP contribution is -2.59. The first-order valence-corrected chi connectivity index (χ1v) is 13.7. The zero-order valence-electron chi connectivity index (χ0n) is 22.1. The van der Waals surface area contributed by atoms with Gasteiger partial charge in [0.2, 0.25) is 12.0 Å². The number of ether oxygens (including phenoxy) is 4. The van der Waals surface area contributed by atoms with Crippen LogP contribution in [0.15, 0.2) is 11.5 Å². The van der Waals surface area contributed by atoms with Crippen molar-refractivity contribution in [3.63, 3.8) is 0 Å². The van der Waals surface area contributed by atoms with Crippen LogP contribution in [0, 0.1) is 0 Å². The van der Waals surface area contributed by atoms with Crippen LogP contribution in [0.1, 0.15) is 84.0 Å². The van der Waals surface area contributed by atoms with Gasteiger partial charge in [0.1, 0.15) is 37.1 Å². The number of esters is 2. The average Bonchev–Trinajstić information content (AvgIpc) is 3.18. The lowest BCUT2D eigenvalue weighted by atomic mass is 9.99. The molecule has 0 aromatic carbocycles. The van der Waals surface area contributed by atoms with Gasteiger partial charge in [-0.3, -0.25) is 4.79 Å². The Balaban J connectivity index is 1.68. The zero-order chi connectivity index (χ0) is 28.1. The van der Waals surface area contributed by atoms with Gasteiger partial charge in [-0.2, -0.15) is 0 Å². The molecule has 0 aromatic heterocycles. The van der Waals surface area contributed by atoms with Crippen molar-refractivity contribution >= 4 is 11.9 Å². The lowest BCUT2D eigenvalue weighted by Gasteiger charge is -2.39. The summed E-state index contributed by atoms with van der Waals surface area (Å²) in [6, 6.07) is 0. The smallest absolute Gasteiger partial charge is 0.378 e. The molecule has 220 valence electrons. The van der Waals surface area contributed by atoms with E-state index in [1.165, 1.54) is 44.9 Å². The number of hydrogen-bond donors (Lipinski definition) is 6. The number of carbonyl (C=O) groups excluding carboxylic acids is 2. The van der Waals surface area contributed by atoms with Crippen molar-refractivity contribution in [2.75, 3.05) is 13.2 Å². The predicted octanol–water partition coefficient (Wildman–Crippen LogP) is 1.10. The molecule has 0 amide bonds. The van der Waals surface area contributed by atoms with E-state index < -0.39 is 79.6 Å². The van der Waals surface area contributed by atoms with Crippen LogP contribution in [0.3, 0.4) is 0 Å². The molecule has 7 atom stereocenters. The summed E-state index contributed by atoms with van der Waals surface area (Å²) in [4.78, 5) is 24.2. The minimum absolute atomic E-state index is 0.182. The van der Waals surface area contributed by atoms with E-state index in [0.717, 1.165) is 19.3 Å². The van der Waals surface area contributed by atoms with Gasteiger partial charge < -0.3 is 49.6 Å². The van der Waals surface area contributed by atoms with Crippen LogP contribution < -0.4 is 0 Å². The SMILES string of the molecule is CCCCCCCCCCCCCC(=O)OC[C@H](O)[C@H]1OC(=O)C(O[C@@H]2O[C@H](CO)[C@@H](O)[C@H](O)[C@H]2O)=C1O. The molecule has 12 nitrogen and oxygen atoms in total. The van der Waals surface area contributed by atoms with E-state index in [2.05, 4.69) is 6.92 Å². The Morgan fingerprint density at radius 1 is 0.921 bits per heavy atom. The summed E-state index contributed by atoms with van der Waals surface area (Å²) in [6.45, 7) is 0.953. The molecule has 38 heavy (non-hydrogen) atoms. The summed E-state index contributed by atoms with van der Waals surface area (Å²) in [5.41, 5.74) is 0. The Kier molecular flexibility index (Phi) is 14.3. The molecule has 2 aliphatic rings. The maximum absolute atomic E-state index is 12.2. The molecular weight excluding hydrogens is 504 g/mol. The number of carbonyl (C=O) groups is 2. The first-order chi connectivity index (χ1) is 18.2. The molecule has 0 aromatic rings. The molecule has 1 saturated heterocycles. The number of aliphatic hydroxyl groups excluding tert-OH is 6. The van der Waals surface area contributed by atoms with Gasteiger partial charge in [0, 0.05) is 6.42 Å². The first-order valence-electron chi connectivity index (χ1n) is 13.7. The molecule has 0 radical (unpaired) electrons. The summed E-state index contributed by atoms with van der Waals surface area (Å²) >= 11 is 0. The fourth-order valence-electron chi connectivity index (χ4n) is 4.38. The summed E-state index contributed by atoms with van der Waals surface area (Å²) < 4.78 is 20.2. The summed E-state index contributed by atoms with van der Waals surface area (Å²) in [7, 11) is 0. The van der Waals surface area contributed by atoms with Crippen molar-refractivity contribution in [2.24, 2.45) is 0 Å². The molecule has 0 unspecified atom stereocenters. The maximum atomic E-state index is 12.2. The minimum atomic E-state index is -1.82. The van der Waals surface area contributed by atoms with Crippen LogP contribution in [0.4, 0.5) is 0 Å². The molecule has 0 saturated carbocycles. The number of cyclic esters (lactones) is 1. The second-order valence-corrected chi connectivity index (χ2v) is 9.89. The number of aliphatic hydroxyl groups is 6. The Hall–Kier alpha value is -1.96. The second kappa shape index (κ2) is 16.9. The highest BCUT2D eigenvalue weighted by molar-refractivity contribution is 5.89. The van der Waals surface area contributed by atoms with Crippen LogP contribution in [-0.2, 0) is 28.5 Å². The molecule has 0 aliphatic carbocycles. The van der Waals surface area contributed by atoms with Gasteiger partial charge in [0.15, 0.2) is 11.9 Å².